The van der Waals surface area contributed by atoms with Crippen molar-refractivity contribution in [3.63, 3.8) is 0 Å². The molecule has 0 aliphatic heterocycles. The maximum absolute atomic E-state index is 6.22. The van der Waals surface area contributed by atoms with Gasteiger partial charge in [0.05, 0.1) is 0 Å². The van der Waals surface area contributed by atoms with Crippen molar-refractivity contribution < 1.29 is 4.42 Å². The molecule has 0 amide bonds. The molecule has 8 rings (SSSR count). The van der Waals surface area contributed by atoms with Gasteiger partial charge in [0.1, 0.15) is 11.3 Å². The van der Waals surface area contributed by atoms with Gasteiger partial charge in [0.25, 0.3) is 0 Å². The Balaban J connectivity index is 1.50. The third-order valence-electron chi connectivity index (χ3n) is 7.91. The average Bonchev–Trinajstić information content (AvgIpc) is 3.33. The van der Waals surface area contributed by atoms with Crippen LogP contribution in [0.3, 0.4) is 0 Å². The van der Waals surface area contributed by atoms with E-state index in [2.05, 4.69) is 121 Å². The summed E-state index contributed by atoms with van der Waals surface area (Å²) in [5.74, 6) is 1.11. The van der Waals surface area contributed by atoms with Crippen LogP contribution in [-0.4, -0.2) is 0 Å². The fraction of sp³-hybridized carbons (Fsp3) is 0.0556. The summed E-state index contributed by atoms with van der Waals surface area (Å²) in [6.45, 7) is 0. The first-order valence-corrected chi connectivity index (χ1v) is 13.0. The molecule has 0 fully saturated rings. The molecule has 174 valence electrons. The number of benzene rings is 6. The van der Waals surface area contributed by atoms with Crippen LogP contribution in [0.25, 0.3) is 71.6 Å². The van der Waals surface area contributed by atoms with Crippen LogP contribution in [0.4, 0.5) is 0 Å². The van der Waals surface area contributed by atoms with Crippen molar-refractivity contribution in [3.8, 4) is 22.3 Å². The van der Waals surface area contributed by atoms with Crippen molar-refractivity contribution in [3.05, 3.63) is 127 Å². The fourth-order valence-corrected chi connectivity index (χ4v) is 6.28. The van der Waals surface area contributed by atoms with E-state index in [4.69, 9.17) is 4.42 Å². The van der Waals surface area contributed by atoms with Crippen LogP contribution in [0.1, 0.15) is 17.7 Å². The van der Waals surface area contributed by atoms with Crippen molar-refractivity contribution in [1.82, 2.24) is 0 Å². The quantitative estimate of drug-likeness (QED) is 0.228. The van der Waals surface area contributed by atoms with Crippen LogP contribution < -0.4 is 0 Å². The largest absolute Gasteiger partial charge is 0.460 e. The number of furan rings is 1. The normalized spacial score (nSPS) is 13.1. The minimum absolute atomic E-state index is 0.973. The number of hydrogen-bond acceptors (Lipinski definition) is 1. The van der Waals surface area contributed by atoms with Crippen molar-refractivity contribution in [2.75, 3.05) is 0 Å². The molecule has 0 unspecified atom stereocenters. The molecule has 0 N–H and O–H groups in total. The molecule has 1 aliphatic carbocycles. The SMILES string of the molecule is C1=Cc2c(oc3ccc(-c4c5ccccc5c(-c5cccc6ccccc56)c5ccccc45)cc23)CC1. The highest BCUT2D eigenvalue weighted by Crippen LogP contribution is 2.46. The number of aryl methyl sites for hydroxylation is 1. The molecule has 1 aromatic heterocycles. The summed E-state index contributed by atoms with van der Waals surface area (Å²) in [7, 11) is 0. The lowest BCUT2D eigenvalue weighted by atomic mass is 9.84. The maximum atomic E-state index is 6.22. The van der Waals surface area contributed by atoms with Crippen LogP contribution >= 0.6 is 0 Å². The lowest BCUT2D eigenvalue weighted by Crippen LogP contribution is -1.92. The summed E-state index contributed by atoms with van der Waals surface area (Å²) in [6.07, 6.45) is 6.51. The molecule has 0 radical (unpaired) electrons. The molecule has 7 aromatic rings. The average molecular weight is 473 g/mol. The molecule has 1 heterocycles. The van der Waals surface area contributed by atoms with Crippen LogP contribution in [0.2, 0.25) is 0 Å². The summed E-state index contributed by atoms with van der Waals surface area (Å²) in [5, 5.41) is 8.86. The third kappa shape index (κ3) is 3.04. The first kappa shape index (κ1) is 20.6. The van der Waals surface area contributed by atoms with Crippen molar-refractivity contribution in [2.45, 2.75) is 12.8 Å². The maximum Gasteiger partial charge on any atom is 0.134 e. The number of hydrogen-bond donors (Lipinski definition) is 0. The van der Waals surface area contributed by atoms with Crippen molar-refractivity contribution in [1.29, 1.82) is 0 Å². The van der Waals surface area contributed by atoms with Crippen LogP contribution in [0.15, 0.2) is 120 Å². The highest BCUT2D eigenvalue weighted by Gasteiger charge is 2.20. The summed E-state index contributed by atoms with van der Waals surface area (Å²) >= 11 is 0. The van der Waals surface area contributed by atoms with Crippen LogP contribution in [0, 0.1) is 0 Å². The number of fused-ring (bicyclic) bond motifs is 6. The monoisotopic (exact) mass is 472 g/mol. The van der Waals surface area contributed by atoms with Gasteiger partial charge >= 0.3 is 0 Å². The van der Waals surface area contributed by atoms with Gasteiger partial charge < -0.3 is 4.42 Å². The molecule has 1 aliphatic rings. The van der Waals surface area contributed by atoms with E-state index in [-0.39, 0.29) is 0 Å². The van der Waals surface area contributed by atoms with E-state index < -0.39 is 0 Å². The van der Waals surface area contributed by atoms with Crippen molar-refractivity contribution >= 4 is 49.4 Å². The zero-order chi connectivity index (χ0) is 24.3. The standard InChI is InChI=1S/C36H24O/c1-2-12-25-23(10-1)11-9-18-27(25)36-30-16-5-3-14-28(30)35(29-15-4-6-17-31(29)36)24-20-21-34-32(22-24)26-13-7-8-19-33(26)37-34/h1-7,9-18,20-22H,8,19H2. The molecule has 0 atom stereocenters. The van der Waals surface area contributed by atoms with E-state index in [0.29, 0.717) is 0 Å². The summed E-state index contributed by atoms with van der Waals surface area (Å²) in [5.41, 5.74) is 7.31. The minimum atomic E-state index is 0.973. The first-order valence-electron chi connectivity index (χ1n) is 13.0. The highest BCUT2D eigenvalue weighted by atomic mass is 16.3. The summed E-state index contributed by atoms with van der Waals surface area (Å²) in [6, 6.07) is 39.8. The van der Waals surface area contributed by atoms with Crippen molar-refractivity contribution in [2.24, 2.45) is 0 Å². The zero-order valence-corrected chi connectivity index (χ0v) is 20.4. The Hall–Kier alpha value is -4.62. The third-order valence-corrected chi connectivity index (χ3v) is 7.91. The Kier molecular flexibility index (Phi) is 4.41. The van der Waals surface area contributed by atoms with Crippen LogP contribution in [0.5, 0.6) is 0 Å². The lowest BCUT2D eigenvalue weighted by Gasteiger charge is -2.18. The molecule has 6 aromatic carbocycles. The number of allylic oxidation sites excluding steroid dienone is 1. The Morgan fingerprint density at radius 3 is 1.95 bits per heavy atom. The highest BCUT2D eigenvalue weighted by molar-refractivity contribution is 6.23. The Morgan fingerprint density at radius 2 is 1.19 bits per heavy atom. The molecule has 0 spiro atoms. The van der Waals surface area contributed by atoms with Gasteiger partial charge in [0.2, 0.25) is 0 Å². The fourth-order valence-electron chi connectivity index (χ4n) is 6.28. The van der Waals surface area contributed by atoms with E-state index in [1.165, 1.54) is 65.5 Å². The smallest absolute Gasteiger partial charge is 0.134 e. The van der Waals surface area contributed by atoms with Gasteiger partial charge in [-0.3, -0.25) is 0 Å². The Bertz CT molecular complexity index is 1970. The van der Waals surface area contributed by atoms with E-state index in [1.807, 2.05) is 0 Å². The summed E-state index contributed by atoms with van der Waals surface area (Å²) < 4.78 is 6.22. The molecule has 0 bridgehead atoms. The van der Waals surface area contributed by atoms with Gasteiger partial charge in [0.15, 0.2) is 0 Å². The van der Waals surface area contributed by atoms with Gasteiger partial charge in [0, 0.05) is 17.4 Å². The zero-order valence-electron chi connectivity index (χ0n) is 20.4. The second-order valence-corrected chi connectivity index (χ2v) is 9.96. The molecular weight excluding hydrogens is 448 g/mol. The molecular formula is C36H24O. The lowest BCUT2D eigenvalue weighted by molar-refractivity contribution is 0.546. The summed E-state index contributed by atoms with van der Waals surface area (Å²) in [4.78, 5) is 0. The minimum Gasteiger partial charge on any atom is -0.460 e. The van der Waals surface area contributed by atoms with E-state index in [1.54, 1.807) is 0 Å². The topological polar surface area (TPSA) is 13.1 Å². The van der Waals surface area contributed by atoms with E-state index >= 15 is 0 Å². The second-order valence-electron chi connectivity index (χ2n) is 9.96. The van der Waals surface area contributed by atoms with Gasteiger partial charge in [-0.15, -0.1) is 0 Å². The molecule has 0 saturated carbocycles. The first-order chi connectivity index (χ1) is 18.4. The molecule has 37 heavy (non-hydrogen) atoms. The van der Waals surface area contributed by atoms with Gasteiger partial charge in [-0.1, -0.05) is 109 Å². The Morgan fingerprint density at radius 1 is 0.541 bits per heavy atom. The van der Waals surface area contributed by atoms with Gasteiger partial charge in [-0.05, 0) is 73.1 Å². The van der Waals surface area contributed by atoms with E-state index in [0.717, 1.165) is 24.2 Å². The predicted molar refractivity (Wildman–Crippen MR) is 157 cm³/mol. The molecule has 0 saturated heterocycles. The van der Waals surface area contributed by atoms with Gasteiger partial charge in [-0.25, -0.2) is 0 Å². The Labute approximate surface area is 215 Å². The number of rotatable bonds is 2. The molecule has 1 nitrogen and oxygen atoms in total. The molecule has 1 heteroatoms. The van der Waals surface area contributed by atoms with Crippen LogP contribution in [-0.2, 0) is 6.42 Å². The van der Waals surface area contributed by atoms with Gasteiger partial charge in [-0.2, -0.15) is 0 Å². The second kappa shape index (κ2) is 7.94. The van der Waals surface area contributed by atoms with E-state index in [9.17, 15) is 0 Å². The predicted octanol–water partition coefficient (Wildman–Crippen LogP) is 10.2.